The van der Waals surface area contributed by atoms with Crippen LogP contribution in [0.2, 0.25) is 0 Å². The Morgan fingerprint density at radius 1 is 1.38 bits per heavy atom. The SMILES string of the molecule is CC(C)C(C)(C)C#N. The van der Waals surface area contributed by atoms with Crippen LogP contribution in [0.1, 0.15) is 27.7 Å². The van der Waals surface area contributed by atoms with Crippen LogP contribution in [0.3, 0.4) is 0 Å². The standard InChI is InChI=1S/C7H13N/c1-6(2)7(3,4)5-8/h6H,1-4H3. The Bertz CT molecular complexity index is 106. The molecule has 0 bridgehead atoms. The minimum atomic E-state index is -0.153. The van der Waals surface area contributed by atoms with Gasteiger partial charge in [0, 0.05) is 0 Å². The van der Waals surface area contributed by atoms with Crippen molar-refractivity contribution in [3.63, 3.8) is 0 Å². The molecule has 0 aliphatic carbocycles. The van der Waals surface area contributed by atoms with Crippen molar-refractivity contribution < 1.29 is 0 Å². The van der Waals surface area contributed by atoms with E-state index in [0.29, 0.717) is 5.92 Å². The predicted molar refractivity (Wildman–Crippen MR) is 34.2 cm³/mol. The minimum absolute atomic E-state index is 0.153. The van der Waals surface area contributed by atoms with E-state index in [1.54, 1.807) is 0 Å². The Labute approximate surface area is 51.3 Å². The zero-order chi connectivity index (χ0) is 6.78. The van der Waals surface area contributed by atoms with Crippen LogP contribution in [-0.2, 0) is 0 Å². The molecule has 0 rings (SSSR count). The highest BCUT2D eigenvalue weighted by Crippen LogP contribution is 2.23. The van der Waals surface area contributed by atoms with Crippen LogP contribution in [0, 0.1) is 22.7 Å². The van der Waals surface area contributed by atoms with Gasteiger partial charge in [-0.3, -0.25) is 0 Å². The molecular formula is C7H13N. The lowest BCUT2D eigenvalue weighted by atomic mass is 9.83. The zero-order valence-corrected chi connectivity index (χ0v) is 6.02. The second-order valence-electron chi connectivity index (χ2n) is 2.99. The lowest BCUT2D eigenvalue weighted by molar-refractivity contribution is 0.345. The second kappa shape index (κ2) is 2.17. The van der Waals surface area contributed by atoms with Crippen LogP contribution in [-0.4, -0.2) is 0 Å². The summed E-state index contributed by atoms with van der Waals surface area (Å²) in [5.74, 6) is 0.451. The molecule has 0 amide bonds. The molecule has 8 heavy (non-hydrogen) atoms. The van der Waals surface area contributed by atoms with Crippen LogP contribution in [0.25, 0.3) is 0 Å². The van der Waals surface area contributed by atoms with Crippen molar-refractivity contribution in [3.05, 3.63) is 0 Å². The minimum Gasteiger partial charge on any atom is -0.198 e. The fourth-order valence-electron chi connectivity index (χ4n) is 0.129. The lowest BCUT2D eigenvalue weighted by Crippen LogP contribution is -2.15. The molecule has 0 atom stereocenters. The molecule has 0 N–H and O–H groups in total. The van der Waals surface area contributed by atoms with Gasteiger partial charge in [-0.1, -0.05) is 13.8 Å². The summed E-state index contributed by atoms with van der Waals surface area (Å²) in [6.45, 7) is 8.03. The summed E-state index contributed by atoms with van der Waals surface area (Å²) in [5, 5.41) is 8.51. The molecular weight excluding hydrogens is 98.1 g/mol. The molecule has 0 aliphatic heterocycles. The summed E-state index contributed by atoms with van der Waals surface area (Å²) in [4.78, 5) is 0. The van der Waals surface area contributed by atoms with Gasteiger partial charge in [-0.15, -0.1) is 0 Å². The van der Waals surface area contributed by atoms with Gasteiger partial charge in [0.25, 0.3) is 0 Å². The lowest BCUT2D eigenvalue weighted by Gasteiger charge is -2.18. The van der Waals surface area contributed by atoms with Crippen LogP contribution >= 0.6 is 0 Å². The normalized spacial score (nSPS) is 11.5. The highest BCUT2D eigenvalue weighted by molar-refractivity contribution is 4.93. The molecule has 0 heterocycles. The van der Waals surface area contributed by atoms with Gasteiger partial charge in [-0.05, 0) is 19.8 Å². The summed E-state index contributed by atoms with van der Waals surface area (Å²) >= 11 is 0. The monoisotopic (exact) mass is 111 g/mol. The van der Waals surface area contributed by atoms with Gasteiger partial charge in [0.2, 0.25) is 0 Å². The largest absolute Gasteiger partial charge is 0.198 e. The third-order valence-electron chi connectivity index (χ3n) is 1.73. The first-order chi connectivity index (χ1) is 3.50. The predicted octanol–water partition coefficient (Wildman–Crippen LogP) is 2.19. The van der Waals surface area contributed by atoms with Gasteiger partial charge in [0.1, 0.15) is 0 Å². The smallest absolute Gasteiger partial charge is 0.0686 e. The summed E-state index contributed by atoms with van der Waals surface area (Å²) in [5.41, 5.74) is -0.153. The third-order valence-corrected chi connectivity index (χ3v) is 1.73. The second-order valence-corrected chi connectivity index (χ2v) is 2.99. The fourth-order valence-corrected chi connectivity index (χ4v) is 0.129. The molecule has 46 valence electrons. The molecule has 0 saturated carbocycles. The van der Waals surface area contributed by atoms with Crippen LogP contribution in [0.15, 0.2) is 0 Å². The average molecular weight is 111 g/mol. The number of hydrogen-bond donors (Lipinski definition) is 0. The Balaban J connectivity index is 3.97. The van der Waals surface area contributed by atoms with Crippen molar-refractivity contribution in [2.45, 2.75) is 27.7 Å². The Morgan fingerprint density at radius 3 is 1.75 bits per heavy atom. The first-order valence-electron chi connectivity index (χ1n) is 2.92. The molecule has 0 aromatic rings. The van der Waals surface area contributed by atoms with Crippen LogP contribution < -0.4 is 0 Å². The maximum atomic E-state index is 8.51. The zero-order valence-electron chi connectivity index (χ0n) is 6.02. The molecule has 0 fully saturated rings. The molecule has 0 aromatic carbocycles. The van der Waals surface area contributed by atoms with E-state index in [1.165, 1.54) is 0 Å². The molecule has 1 nitrogen and oxygen atoms in total. The number of nitriles is 1. The summed E-state index contributed by atoms with van der Waals surface area (Å²) in [7, 11) is 0. The van der Waals surface area contributed by atoms with Gasteiger partial charge in [0.05, 0.1) is 11.5 Å². The topological polar surface area (TPSA) is 23.8 Å². The van der Waals surface area contributed by atoms with E-state index in [-0.39, 0.29) is 5.41 Å². The number of nitrogens with zero attached hydrogens (tertiary/aromatic N) is 1. The van der Waals surface area contributed by atoms with Gasteiger partial charge < -0.3 is 0 Å². The van der Waals surface area contributed by atoms with Crippen LogP contribution in [0.5, 0.6) is 0 Å². The molecule has 0 spiro atoms. The molecule has 0 saturated heterocycles. The van der Waals surface area contributed by atoms with Crippen LogP contribution in [0.4, 0.5) is 0 Å². The first-order valence-corrected chi connectivity index (χ1v) is 2.92. The van der Waals surface area contributed by atoms with E-state index in [4.69, 9.17) is 5.26 Å². The van der Waals surface area contributed by atoms with Gasteiger partial charge in [-0.2, -0.15) is 5.26 Å². The van der Waals surface area contributed by atoms with Crippen molar-refractivity contribution in [2.75, 3.05) is 0 Å². The molecule has 0 unspecified atom stereocenters. The summed E-state index contributed by atoms with van der Waals surface area (Å²) in [6.07, 6.45) is 0. The van der Waals surface area contributed by atoms with E-state index in [2.05, 4.69) is 19.9 Å². The summed E-state index contributed by atoms with van der Waals surface area (Å²) < 4.78 is 0. The molecule has 0 radical (unpaired) electrons. The Hall–Kier alpha value is -0.510. The van der Waals surface area contributed by atoms with Gasteiger partial charge in [-0.25, -0.2) is 0 Å². The Kier molecular flexibility index (Phi) is 2.03. The number of hydrogen-bond acceptors (Lipinski definition) is 1. The van der Waals surface area contributed by atoms with Crippen molar-refractivity contribution in [1.29, 1.82) is 5.26 Å². The maximum Gasteiger partial charge on any atom is 0.0686 e. The van der Waals surface area contributed by atoms with Crippen molar-refractivity contribution in [1.82, 2.24) is 0 Å². The highest BCUT2D eigenvalue weighted by atomic mass is 14.3. The van der Waals surface area contributed by atoms with E-state index >= 15 is 0 Å². The molecule has 0 aliphatic rings. The van der Waals surface area contributed by atoms with E-state index in [0.717, 1.165) is 0 Å². The van der Waals surface area contributed by atoms with Gasteiger partial charge in [0.15, 0.2) is 0 Å². The molecule has 0 aromatic heterocycles. The quantitative estimate of drug-likeness (QED) is 0.509. The molecule has 1 heteroatoms. The van der Waals surface area contributed by atoms with E-state index in [1.807, 2.05) is 13.8 Å². The Morgan fingerprint density at radius 2 is 1.75 bits per heavy atom. The van der Waals surface area contributed by atoms with Crippen molar-refractivity contribution >= 4 is 0 Å². The third kappa shape index (κ3) is 1.54. The van der Waals surface area contributed by atoms with Crippen molar-refractivity contribution in [3.8, 4) is 6.07 Å². The fraction of sp³-hybridized carbons (Fsp3) is 0.857. The highest BCUT2D eigenvalue weighted by Gasteiger charge is 2.20. The summed E-state index contributed by atoms with van der Waals surface area (Å²) in [6, 6.07) is 2.24. The van der Waals surface area contributed by atoms with Gasteiger partial charge >= 0.3 is 0 Å². The van der Waals surface area contributed by atoms with E-state index in [9.17, 15) is 0 Å². The van der Waals surface area contributed by atoms with Crippen molar-refractivity contribution in [2.24, 2.45) is 11.3 Å². The maximum absolute atomic E-state index is 8.51. The first kappa shape index (κ1) is 7.49. The average Bonchev–Trinajstić information content (AvgIpc) is 1.67. The number of rotatable bonds is 1. The van der Waals surface area contributed by atoms with E-state index < -0.39 is 0 Å².